The molecule has 32 heavy (non-hydrogen) atoms. The van der Waals surface area contributed by atoms with Gasteiger partial charge in [0.05, 0.1) is 33.3 Å². The van der Waals surface area contributed by atoms with Crippen molar-refractivity contribution in [3.63, 3.8) is 0 Å². The second-order valence-electron chi connectivity index (χ2n) is 8.52. The third-order valence-electron chi connectivity index (χ3n) is 6.32. The Morgan fingerprint density at radius 2 is 2.03 bits per heavy atom. The minimum atomic E-state index is -0.0226. The van der Waals surface area contributed by atoms with E-state index in [0.717, 1.165) is 61.7 Å². The molecule has 1 saturated heterocycles. The zero-order chi connectivity index (χ0) is 22.6. The lowest BCUT2D eigenvalue weighted by atomic mass is 10.0. The van der Waals surface area contributed by atoms with Crippen LogP contribution >= 0.6 is 22.9 Å². The van der Waals surface area contributed by atoms with Crippen LogP contribution in [0.4, 0.5) is 5.69 Å². The highest BCUT2D eigenvalue weighted by Gasteiger charge is 2.35. The summed E-state index contributed by atoms with van der Waals surface area (Å²) in [7, 11) is 0. The Kier molecular flexibility index (Phi) is 5.19. The van der Waals surface area contributed by atoms with E-state index in [-0.39, 0.29) is 6.04 Å². The Morgan fingerprint density at radius 3 is 2.75 bits per heavy atom. The molecule has 4 nitrogen and oxygen atoms in total. The van der Waals surface area contributed by atoms with Crippen molar-refractivity contribution in [1.29, 1.82) is 0 Å². The molecule has 6 heteroatoms. The molecule has 0 radical (unpaired) electrons. The van der Waals surface area contributed by atoms with Crippen LogP contribution in [0.25, 0.3) is 21.5 Å². The molecule has 2 aromatic carbocycles. The predicted molar refractivity (Wildman–Crippen MR) is 134 cm³/mol. The summed E-state index contributed by atoms with van der Waals surface area (Å²) in [6.07, 6.45) is 1.78. The van der Waals surface area contributed by atoms with Gasteiger partial charge in [0, 0.05) is 16.3 Å². The molecule has 0 aliphatic carbocycles. The van der Waals surface area contributed by atoms with E-state index in [2.05, 4.69) is 55.4 Å². The molecule has 162 valence electrons. The zero-order valence-electron chi connectivity index (χ0n) is 18.3. The van der Waals surface area contributed by atoms with E-state index in [9.17, 15) is 4.79 Å². The lowest BCUT2D eigenvalue weighted by Gasteiger charge is -2.25. The molecule has 0 saturated carbocycles. The molecule has 5 rings (SSSR count). The summed E-state index contributed by atoms with van der Waals surface area (Å²) in [6, 6.07) is 12.1. The van der Waals surface area contributed by atoms with Crippen molar-refractivity contribution < 1.29 is 4.79 Å². The number of imidazole rings is 1. The fraction of sp³-hybridized carbons (Fsp3) is 0.231. The molecule has 1 fully saturated rings. The Labute approximate surface area is 196 Å². The van der Waals surface area contributed by atoms with Gasteiger partial charge in [-0.2, -0.15) is 0 Å². The lowest BCUT2D eigenvalue weighted by molar-refractivity contribution is 0.112. The number of hydrogen-bond acceptors (Lipinski definition) is 4. The number of aromatic nitrogens is 2. The molecule has 1 unspecified atom stereocenters. The number of rotatable bonds is 4. The molecular formula is C26H24ClN3OS. The monoisotopic (exact) mass is 461 g/mol. The summed E-state index contributed by atoms with van der Waals surface area (Å²) in [6.45, 7) is 11.2. The summed E-state index contributed by atoms with van der Waals surface area (Å²) in [4.78, 5) is 25.0. The number of hydrogen-bond donors (Lipinski definition) is 1. The number of carbonyl (C=O) groups excluding carboxylic acids is 1. The fourth-order valence-electron chi connectivity index (χ4n) is 4.57. The average molecular weight is 462 g/mol. The van der Waals surface area contributed by atoms with Crippen molar-refractivity contribution >= 4 is 45.9 Å². The van der Waals surface area contributed by atoms with Gasteiger partial charge in [0.15, 0.2) is 6.29 Å². The van der Waals surface area contributed by atoms with Gasteiger partial charge in [-0.25, -0.2) is 4.98 Å². The number of benzene rings is 2. The molecule has 0 spiro atoms. The van der Waals surface area contributed by atoms with Gasteiger partial charge in [-0.05, 0) is 56.0 Å². The Balaban J connectivity index is 1.63. The van der Waals surface area contributed by atoms with E-state index in [1.807, 2.05) is 18.2 Å². The van der Waals surface area contributed by atoms with E-state index >= 15 is 0 Å². The van der Waals surface area contributed by atoms with E-state index in [4.69, 9.17) is 16.6 Å². The number of nitrogens with zero attached hydrogens (tertiary/aromatic N) is 2. The average Bonchev–Trinajstić information content (AvgIpc) is 3.44. The molecular weight excluding hydrogens is 438 g/mol. The highest BCUT2D eigenvalue weighted by atomic mass is 35.5. The molecule has 2 aromatic heterocycles. The van der Waals surface area contributed by atoms with Crippen LogP contribution in [0.15, 0.2) is 48.6 Å². The third-order valence-corrected chi connectivity index (χ3v) is 7.79. The van der Waals surface area contributed by atoms with Crippen LogP contribution in [0.1, 0.15) is 44.6 Å². The molecule has 3 heterocycles. The Bertz CT molecular complexity index is 1380. The van der Waals surface area contributed by atoms with E-state index in [1.165, 1.54) is 11.1 Å². The number of H-pyrrole nitrogens is 1. The van der Waals surface area contributed by atoms with Crippen molar-refractivity contribution in [3.05, 3.63) is 81.0 Å². The minimum absolute atomic E-state index is 0.0226. The summed E-state index contributed by atoms with van der Waals surface area (Å²) in [5.41, 5.74) is 8.08. The maximum absolute atomic E-state index is 12.4. The summed E-state index contributed by atoms with van der Waals surface area (Å²) >= 11 is 8.05. The second kappa shape index (κ2) is 7.91. The van der Waals surface area contributed by atoms with Gasteiger partial charge in [-0.3, -0.25) is 4.79 Å². The second-order valence-corrected chi connectivity index (χ2v) is 10.2. The molecule has 0 bridgehead atoms. The van der Waals surface area contributed by atoms with Crippen LogP contribution in [0.2, 0.25) is 5.02 Å². The molecule has 4 aromatic rings. The molecule has 0 amide bonds. The highest BCUT2D eigenvalue weighted by Crippen LogP contribution is 2.47. The first-order chi connectivity index (χ1) is 15.4. The number of aldehydes is 1. The van der Waals surface area contributed by atoms with Crippen LogP contribution in [0.5, 0.6) is 0 Å². The van der Waals surface area contributed by atoms with Crippen molar-refractivity contribution in [2.75, 3.05) is 11.4 Å². The summed E-state index contributed by atoms with van der Waals surface area (Å²) in [5, 5.41) is 0.655. The largest absolute Gasteiger partial charge is 0.356 e. The van der Waals surface area contributed by atoms with Crippen LogP contribution in [0.3, 0.4) is 0 Å². The maximum Gasteiger partial charge on any atom is 0.153 e. The highest BCUT2D eigenvalue weighted by molar-refractivity contribution is 7.16. The van der Waals surface area contributed by atoms with Crippen LogP contribution in [-0.2, 0) is 0 Å². The van der Waals surface area contributed by atoms with E-state index in [1.54, 1.807) is 11.3 Å². The number of nitrogens with one attached hydrogen (secondary N) is 1. The van der Waals surface area contributed by atoms with Crippen molar-refractivity contribution in [2.24, 2.45) is 0 Å². The van der Waals surface area contributed by atoms with E-state index in [0.29, 0.717) is 11.6 Å². The number of aryl methyl sites for hydroxylation is 3. The van der Waals surface area contributed by atoms with Crippen molar-refractivity contribution in [2.45, 2.75) is 33.2 Å². The van der Waals surface area contributed by atoms with Gasteiger partial charge in [-0.15, -0.1) is 11.3 Å². The van der Waals surface area contributed by atoms with Crippen LogP contribution in [0, 0.1) is 20.8 Å². The fourth-order valence-corrected chi connectivity index (χ4v) is 5.92. The van der Waals surface area contributed by atoms with Crippen molar-refractivity contribution in [1.82, 2.24) is 9.97 Å². The van der Waals surface area contributed by atoms with Crippen molar-refractivity contribution in [3.8, 4) is 10.4 Å². The zero-order valence-corrected chi connectivity index (χ0v) is 19.9. The van der Waals surface area contributed by atoms with Gasteiger partial charge in [-0.1, -0.05) is 48.0 Å². The third kappa shape index (κ3) is 3.37. The van der Waals surface area contributed by atoms with Crippen LogP contribution in [-0.4, -0.2) is 22.8 Å². The maximum atomic E-state index is 12.4. The first kappa shape index (κ1) is 21.0. The Morgan fingerprint density at radius 1 is 1.22 bits per heavy atom. The van der Waals surface area contributed by atoms with E-state index < -0.39 is 0 Å². The molecule has 1 atom stereocenters. The number of halogens is 1. The molecule has 1 aliphatic heterocycles. The predicted octanol–water partition coefficient (Wildman–Crippen LogP) is 7.19. The first-order valence-corrected chi connectivity index (χ1v) is 11.8. The van der Waals surface area contributed by atoms with Gasteiger partial charge in [0.1, 0.15) is 5.82 Å². The number of carbonyl (C=O) groups is 1. The molecule has 1 N–H and O–H groups in total. The normalized spacial score (nSPS) is 16.3. The van der Waals surface area contributed by atoms with Gasteiger partial charge in [0.25, 0.3) is 0 Å². The van der Waals surface area contributed by atoms with Gasteiger partial charge in [0.2, 0.25) is 0 Å². The number of fused-ring (bicyclic) bond motifs is 1. The lowest BCUT2D eigenvalue weighted by Crippen LogP contribution is -2.24. The van der Waals surface area contributed by atoms with Crippen LogP contribution < -0.4 is 4.90 Å². The number of anilines is 1. The van der Waals surface area contributed by atoms with Gasteiger partial charge < -0.3 is 9.88 Å². The Hall–Kier alpha value is -2.89. The smallest absolute Gasteiger partial charge is 0.153 e. The first-order valence-electron chi connectivity index (χ1n) is 10.6. The standard InChI is InChI=1S/C26H24ClN3OS/c1-14-10-22(26-28-21-7-5-6-20(27)23(21)29-26)30(12-14)24-17(4)32-25(19(24)13-31)18-9-8-15(2)16(3)11-18/h5-9,11,13,22H,1,10,12H2,2-4H3,(H,28,29). The molecule has 1 aliphatic rings. The number of thiophene rings is 1. The summed E-state index contributed by atoms with van der Waals surface area (Å²) in [5.74, 6) is 0.849. The quantitative estimate of drug-likeness (QED) is 0.258. The van der Waals surface area contributed by atoms with Gasteiger partial charge >= 0.3 is 0 Å². The number of para-hydroxylation sites is 1. The minimum Gasteiger partial charge on any atom is -0.356 e. The number of aromatic amines is 1. The topological polar surface area (TPSA) is 49.0 Å². The summed E-state index contributed by atoms with van der Waals surface area (Å²) < 4.78 is 0. The SMILES string of the molecule is C=C1CC(c2nc3cccc(Cl)c3[nH]2)N(c2c(C)sc(-c3ccc(C)c(C)c3)c2C=O)C1.